The molecule has 1 N–H and O–H groups in total. The predicted molar refractivity (Wildman–Crippen MR) is 75.7 cm³/mol. The number of amides is 1. The molecular weight excluding hydrogens is 255 g/mol. The van der Waals surface area contributed by atoms with Crippen LogP contribution in [0.3, 0.4) is 0 Å². The maximum Gasteiger partial charge on any atom is 0.226 e. The SMILES string of the molecule is CC(c1ccccc1F)N1CCC2(CCNC2=O)CC1. The number of hydrogen-bond acceptors (Lipinski definition) is 2. The van der Waals surface area contributed by atoms with E-state index < -0.39 is 0 Å². The third kappa shape index (κ3) is 2.22. The van der Waals surface area contributed by atoms with E-state index >= 15 is 0 Å². The summed E-state index contributed by atoms with van der Waals surface area (Å²) in [6.45, 7) is 4.58. The monoisotopic (exact) mass is 276 g/mol. The van der Waals surface area contributed by atoms with E-state index in [9.17, 15) is 9.18 Å². The first-order valence-electron chi connectivity index (χ1n) is 7.39. The zero-order valence-corrected chi connectivity index (χ0v) is 11.9. The fourth-order valence-electron chi connectivity index (χ4n) is 3.54. The third-order valence-electron chi connectivity index (χ3n) is 5.03. The van der Waals surface area contributed by atoms with Crippen LogP contribution in [-0.2, 0) is 4.79 Å². The Kier molecular flexibility index (Phi) is 3.50. The van der Waals surface area contributed by atoms with Crippen LogP contribution in [0.1, 0.15) is 37.8 Å². The van der Waals surface area contributed by atoms with Gasteiger partial charge in [-0.2, -0.15) is 0 Å². The van der Waals surface area contributed by atoms with Crippen LogP contribution in [0, 0.1) is 11.2 Å². The van der Waals surface area contributed by atoms with Crippen molar-refractivity contribution in [2.24, 2.45) is 5.41 Å². The zero-order chi connectivity index (χ0) is 14.2. The molecule has 0 saturated carbocycles. The van der Waals surface area contributed by atoms with Gasteiger partial charge in [0.25, 0.3) is 0 Å². The van der Waals surface area contributed by atoms with Crippen molar-refractivity contribution in [3.8, 4) is 0 Å². The Morgan fingerprint density at radius 1 is 1.25 bits per heavy atom. The maximum atomic E-state index is 13.9. The Morgan fingerprint density at radius 2 is 1.95 bits per heavy atom. The molecule has 0 bridgehead atoms. The summed E-state index contributed by atoms with van der Waals surface area (Å²) in [5, 5.41) is 2.95. The first-order valence-corrected chi connectivity index (χ1v) is 7.39. The minimum absolute atomic E-state index is 0.0676. The standard InChI is InChI=1S/C16H21FN2O/c1-12(13-4-2-3-5-14(13)17)19-10-7-16(8-11-19)6-9-18-15(16)20/h2-5,12H,6-11H2,1H3,(H,18,20). The Hall–Kier alpha value is -1.42. The van der Waals surface area contributed by atoms with Crippen molar-refractivity contribution in [3.05, 3.63) is 35.6 Å². The number of piperidine rings is 1. The Bertz CT molecular complexity index is 509. The summed E-state index contributed by atoms with van der Waals surface area (Å²) in [4.78, 5) is 14.2. The van der Waals surface area contributed by atoms with Crippen LogP contribution in [0.4, 0.5) is 4.39 Å². The van der Waals surface area contributed by atoms with Gasteiger partial charge in [0.1, 0.15) is 5.82 Å². The number of hydrogen-bond donors (Lipinski definition) is 1. The van der Waals surface area contributed by atoms with Gasteiger partial charge >= 0.3 is 0 Å². The molecule has 1 amide bonds. The van der Waals surface area contributed by atoms with Crippen LogP contribution < -0.4 is 5.32 Å². The molecule has 108 valence electrons. The van der Waals surface area contributed by atoms with Crippen LogP contribution in [0.5, 0.6) is 0 Å². The average molecular weight is 276 g/mol. The first kappa shape index (κ1) is 13.6. The summed E-state index contributed by atoms with van der Waals surface area (Å²) >= 11 is 0. The van der Waals surface area contributed by atoms with E-state index in [0.717, 1.165) is 44.5 Å². The van der Waals surface area contributed by atoms with Crippen LogP contribution in [-0.4, -0.2) is 30.4 Å². The van der Waals surface area contributed by atoms with E-state index in [0.29, 0.717) is 0 Å². The molecule has 1 unspecified atom stereocenters. The predicted octanol–water partition coefficient (Wildman–Crippen LogP) is 2.49. The summed E-state index contributed by atoms with van der Waals surface area (Å²) in [6.07, 6.45) is 2.73. The molecule has 1 atom stereocenters. The van der Waals surface area contributed by atoms with Gasteiger partial charge < -0.3 is 5.32 Å². The molecule has 20 heavy (non-hydrogen) atoms. The second-order valence-corrected chi connectivity index (χ2v) is 6.02. The third-order valence-corrected chi connectivity index (χ3v) is 5.03. The Balaban J connectivity index is 1.69. The minimum atomic E-state index is -0.147. The van der Waals surface area contributed by atoms with Crippen LogP contribution in [0.15, 0.2) is 24.3 Å². The number of carbonyl (C=O) groups excluding carboxylic acids is 1. The fraction of sp³-hybridized carbons (Fsp3) is 0.562. The smallest absolute Gasteiger partial charge is 0.226 e. The number of rotatable bonds is 2. The summed E-state index contributed by atoms with van der Waals surface area (Å²) < 4.78 is 13.9. The summed E-state index contributed by atoms with van der Waals surface area (Å²) in [5.41, 5.74) is 0.602. The fourth-order valence-corrected chi connectivity index (χ4v) is 3.54. The molecule has 3 rings (SSSR count). The van der Waals surface area contributed by atoms with Crippen molar-refractivity contribution in [3.63, 3.8) is 0 Å². The summed E-state index contributed by atoms with van der Waals surface area (Å²) in [6, 6.07) is 7.04. The van der Waals surface area contributed by atoms with Crippen molar-refractivity contribution in [1.29, 1.82) is 0 Å². The lowest BCUT2D eigenvalue weighted by Crippen LogP contribution is -2.44. The van der Waals surface area contributed by atoms with E-state index in [1.807, 2.05) is 19.1 Å². The molecule has 1 aromatic carbocycles. The molecule has 2 saturated heterocycles. The molecule has 3 nitrogen and oxygen atoms in total. The van der Waals surface area contributed by atoms with Crippen LogP contribution >= 0.6 is 0 Å². The van der Waals surface area contributed by atoms with E-state index in [-0.39, 0.29) is 23.2 Å². The Labute approximate surface area is 119 Å². The Morgan fingerprint density at radius 3 is 2.55 bits per heavy atom. The largest absolute Gasteiger partial charge is 0.356 e. The van der Waals surface area contributed by atoms with Gasteiger partial charge in [0.05, 0.1) is 5.41 Å². The molecule has 0 aromatic heterocycles. The number of likely N-dealkylation sites (tertiary alicyclic amines) is 1. The zero-order valence-electron chi connectivity index (χ0n) is 11.9. The highest BCUT2D eigenvalue weighted by atomic mass is 19.1. The molecule has 2 fully saturated rings. The van der Waals surface area contributed by atoms with Gasteiger partial charge in [-0.05, 0) is 45.3 Å². The van der Waals surface area contributed by atoms with Gasteiger partial charge in [0, 0.05) is 18.2 Å². The highest BCUT2D eigenvalue weighted by Gasteiger charge is 2.44. The van der Waals surface area contributed by atoms with Gasteiger partial charge in [-0.25, -0.2) is 4.39 Å². The van der Waals surface area contributed by atoms with Gasteiger partial charge in [-0.3, -0.25) is 9.69 Å². The number of benzene rings is 1. The molecule has 2 aliphatic rings. The topological polar surface area (TPSA) is 32.3 Å². The molecule has 0 aliphatic carbocycles. The average Bonchev–Trinajstić information content (AvgIpc) is 2.81. The molecule has 1 spiro atoms. The maximum absolute atomic E-state index is 13.9. The van der Waals surface area contributed by atoms with E-state index in [1.165, 1.54) is 6.07 Å². The van der Waals surface area contributed by atoms with Crippen molar-refractivity contribution < 1.29 is 9.18 Å². The van der Waals surface area contributed by atoms with Gasteiger partial charge in [-0.15, -0.1) is 0 Å². The normalized spacial score (nSPS) is 23.8. The van der Waals surface area contributed by atoms with E-state index in [1.54, 1.807) is 6.07 Å². The number of halogens is 1. The van der Waals surface area contributed by atoms with Gasteiger partial charge in [-0.1, -0.05) is 18.2 Å². The van der Waals surface area contributed by atoms with Crippen molar-refractivity contribution in [2.75, 3.05) is 19.6 Å². The highest BCUT2D eigenvalue weighted by molar-refractivity contribution is 5.84. The number of carbonyl (C=O) groups is 1. The van der Waals surface area contributed by atoms with E-state index in [4.69, 9.17) is 0 Å². The second kappa shape index (κ2) is 5.17. The van der Waals surface area contributed by atoms with Crippen LogP contribution in [0.2, 0.25) is 0 Å². The highest BCUT2D eigenvalue weighted by Crippen LogP contribution is 2.40. The molecule has 1 aromatic rings. The lowest BCUT2D eigenvalue weighted by atomic mass is 9.76. The molecule has 2 aliphatic heterocycles. The molecule has 4 heteroatoms. The van der Waals surface area contributed by atoms with Gasteiger partial charge in [0.15, 0.2) is 0 Å². The van der Waals surface area contributed by atoms with Crippen molar-refractivity contribution in [2.45, 2.75) is 32.2 Å². The quantitative estimate of drug-likeness (QED) is 0.900. The number of nitrogens with zero attached hydrogens (tertiary/aromatic N) is 1. The second-order valence-electron chi connectivity index (χ2n) is 6.02. The summed E-state index contributed by atoms with van der Waals surface area (Å²) in [5.74, 6) is 0.0783. The summed E-state index contributed by atoms with van der Waals surface area (Å²) in [7, 11) is 0. The molecule has 0 radical (unpaired) electrons. The first-order chi connectivity index (χ1) is 9.62. The minimum Gasteiger partial charge on any atom is -0.356 e. The molecular formula is C16H21FN2O. The van der Waals surface area contributed by atoms with Gasteiger partial charge in [0.2, 0.25) is 5.91 Å². The lowest BCUT2D eigenvalue weighted by molar-refractivity contribution is -0.130. The van der Waals surface area contributed by atoms with E-state index in [2.05, 4.69) is 10.2 Å². The molecule has 2 heterocycles. The number of nitrogens with one attached hydrogen (secondary N) is 1. The lowest BCUT2D eigenvalue weighted by Gasteiger charge is -2.40. The van der Waals surface area contributed by atoms with Crippen LogP contribution in [0.25, 0.3) is 0 Å². The van der Waals surface area contributed by atoms with Crippen molar-refractivity contribution in [1.82, 2.24) is 10.2 Å². The van der Waals surface area contributed by atoms with Crippen molar-refractivity contribution >= 4 is 5.91 Å².